The average molecular weight is 368 g/mol. The Labute approximate surface area is 155 Å². The summed E-state index contributed by atoms with van der Waals surface area (Å²) in [5, 5.41) is 12.6. The number of rotatable bonds is 3. The Bertz CT molecular complexity index is 957. The highest BCUT2D eigenvalue weighted by molar-refractivity contribution is 7.19. The zero-order valence-corrected chi connectivity index (χ0v) is 15.7. The van der Waals surface area contributed by atoms with Crippen molar-refractivity contribution in [2.75, 3.05) is 5.32 Å². The lowest BCUT2D eigenvalue weighted by molar-refractivity contribution is -0.121. The van der Waals surface area contributed by atoms with Gasteiger partial charge in [-0.2, -0.15) is 10.2 Å². The Morgan fingerprint density at radius 3 is 2.81 bits per heavy atom. The molecule has 0 bridgehead atoms. The van der Waals surface area contributed by atoms with Crippen LogP contribution in [0.5, 0.6) is 0 Å². The van der Waals surface area contributed by atoms with Gasteiger partial charge in [0, 0.05) is 11.6 Å². The Balaban J connectivity index is 1.53. The van der Waals surface area contributed by atoms with Crippen molar-refractivity contribution in [2.24, 2.45) is 11.8 Å². The molecular formula is C19H20N4O2S. The van der Waals surface area contributed by atoms with Gasteiger partial charge in [-0.25, -0.2) is 4.98 Å². The molecule has 1 saturated heterocycles. The number of nitrogens with one attached hydrogen (secondary N) is 1. The molecule has 0 radical (unpaired) electrons. The minimum absolute atomic E-state index is 0.0240. The maximum Gasteiger partial charge on any atom is 0.232 e. The van der Waals surface area contributed by atoms with E-state index in [9.17, 15) is 4.79 Å². The Morgan fingerprint density at radius 1 is 1.19 bits per heavy atom. The van der Waals surface area contributed by atoms with E-state index >= 15 is 0 Å². The molecule has 26 heavy (non-hydrogen) atoms. The lowest BCUT2D eigenvalue weighted by Gasteiger charge is -2.16. The van der Waals surface area contributed by atoms with Crippen LogP contribution in [0.15, 0.2) is 36.7 Å². The molecule has 0 spiro atoms. The Kier molecular flexibility index (Phi) is 4.42. The van der Waals surface area contributed by atoms with Gasteiger partial charge in [0.2, 0.25) is 5.91 Å². The Hall–Kier alpha value is -2.38. The smallest absolute Gasteiger partial charge is 0.232 e. The third kappa shape index (κ3) is 3.08. The molecule has 1 aliphatic heterocycles. The van der Waals surface area contributed by atoms with Crippen molar-refractivity contribution in [1.82, 2.24) is 15.2 Å². The lowest BCUT2D eigenvalue weighted by Crippen LogP contribution is -2.31. The molecule has 1 N–H and O–H groups in total. The maximum atomic E-state index is 12.7. The van der Waals surface area contributed by atoms with E-state index in [2.05, 4.69) is 33.5 Å². The second-order valence-corrected chi connectivity index (χ2v) is 7.79. The van der Waals surface area contributed by atoms with E-state index in [4.69, 9.17) is 4.74 Å². The number of benzene rings is 1. The largest absolute Gasteiger partial charge is 0.374 e. The van der Waals surface area contributed by atoms with Crippen molar-refractivity contribution in [1.29, 1.82) is 0 Å². The molecule has 4 rings (SSSR count). The number of nitrogens with zero attached hydrogens (tertiary/aromatic N) is 3. The van der Waals surface area contributed by atoms with Gasteiger partial charge in [0.05, 0.1) is 34.7 Å². The first-order valence-electron chi connectivity index (χ1n) is 8.67. The van der Waals surface area contributed by atoms with Gasteiger partial charge in [-0.3, -0.25) is 4.79 Å². The molecule has 1 aliphatic rings. The third-order valence-corrected chi connectivity index (χ3v) is 6.04. The number of thiazole rings is 1. The zero-order valence-electron chi connectivity index (χ0n) is 14.8. The number of amides is 1. The molecule has 2 aromatic heterocycles. The second-order valence-electron chi connectivity index (χ2n) is 6.75. The first-order chi connectivity index (χ1) is 12.5. The highest BCUT2D eigenvalue weighted by atomic mass is 32.1. The predicted octanol–water partition coefficient (Wildman–Crippen LogP) is 3.75. The van der Waals surface area contributed by atoms with E-state index in [0.29, 0.717) is 5.13 Å². The number of anilines is 1. The van der Waals surface area contributed by atoms with Gasteiger partial charge in [-0.15, -0.1) is 0 Å². The fourth-order valence-corrected chi connectivity index (χ4v) is 4.33. The van der Waals surface area contributed by atoms with Gasteiger partial charge in [-0.05, 0) is 43.5 Å². The normalized spacial score (nSPS) is 25.5. The van der Waals surface area contributed by atoms with Crippen LogP contribution in [0.2, 0.25) is 0 Å². The van der Waals surface area contributed by atoms with Crippen LogP contribution in [-0.4, -0.2) is 33.3 Å². The summed E-state index contributed by atoms with van der Waals surface area (Å²) < 4.78 is 5.77. The fourth-order valence-electron chi connectivity index (χ4n) is 3.51. The molecule has 4 unspecified atom stereocenters. The SMILES string of the molecule is CC1OC(C)C(C(=O)Nc2ncc(-c3ccc4nnccc4c3)s2)C1C. The van der Waals surface area contributed by atoms with E-state index in [1.807, 2.05) is 32.0 Å². The van der Waals surface area contributed by atoms with Crippen molar-refractivity contribution in [3.8, 4) is 10.4 Å². The minimum atomic E-state index is -0.156. The number of hydrogen-bond acceptors (Lipinski definition) is 6. The summed E-state index contributed by atoms with van der Waals surface area (Å²) in [4.78, 5) is 18.0. The van der Waals surface area contributed by atoms with Crippen LogP contribution in [-0.2, 0) is 9.53 Å². The van der Waals surface area contributed by atoms with E-state index < -0.39 is 0 Å². The molecule has 1 amide bonds. The molecular weight excluding hydrogens is 348 g/mol. The van der Waals surface area contributed by atoms with E-state index in [1.54, 1.807) is 12.4 Å². The molecule has 1 aromatic carbocycles. The molecule has 134 valence electrons. The molecule has 0 saturated carbocycles. The summed E-state index contributed by atoms with van der Waals surface area (Å²) >= 11 is 1.47. The van der Waals surface area contributed by atoms with Crippen LogP contribution in [0.3, 0.4) is 0 Å². The number of fused-ring (bicyclic) bond motifs is 1. The summed E-state index contributed by atoms with van der Waals surface area (Å²) in [6, 6.07) is 7.92. The van der Waals surface area contributed by atoms with Gasteiger partial charge in [0.25, 0.3) is 0 Å². The van der Waals surface area contributed by atoms with E-state index in [1.165, 1.54) is 11.3 Å². The van der Waals surface area contributed by atoms with E-state index in [-0.39, 0.29) is 30.0 Å². The van der Waals surface area contributed by atoms with Crippen LogP contribution in [0.4, 0.5) is 5.13 Å². The fraction of sp³-hybridized carbons (Fsp3) is 0.368. The van der Waals surface area contributed by atoms with Crippen molar-refractivity contribution in [3.05, 3.63) is 36.7 Å². The van der Waals surface area contributed by atoms with Crippen LogP contribution < -0.4 is 5.32 Å². The van der Waals surface area contributed by atoms with Crippen molar-refractivity contribution in [3.63, 3.8) is 0 Å². The zero-order chi connectivity index (χ0) is 18.3. The second kappa shape index (κ2) is 6.74. The first kappa shape index (κ1) is 17.1. The molecule has 3 heterocycles. The first-order valence-corrected chi connectivity index (χ1v) is 9.48. The minimum Gasteiger partial charge on any atom is -0.374 e. The number of aromatic nitrogens is 3. The van der Waals surface area contributed by atoms with Crippen molar-refractivity contribution < 1.29 is 9.53 Å². The van der Waals surface area contributed by atoms with Crippen molar-refractivity contribution in [2.45, 2.75) is 33.0 Å². The average Bonchev–Trinajstić information content (AvgIpc) is 3.19. The monoisotopic (exact) mass is 368 g/mol. The number of carbonyl (C=O) groups excluding carboxylic acids is 1. The molecule has 6 nitrogen and oxygen atoms in total. The summed E-state index contributed by atoms with van der Waals surface area (Å²) in [5.41, 5.74) is 1.90. The summed E-state index contributed by atoms with van der Waals surface area (Å²) in [7, 11) is 0. The summed E-state index contributed by atoms with van der Waals surface area (Å²) in [6.45, 7) is 6.03. The van der Waals surface area contributed by atoms with E-state index in [0.717, 1.165) is 21.3 Å². The maximum absolute atomic E-state index is 12.7. The van der Waals surface area contributed by atoms with Crippen LogP contribution in [0.1, 0.15) is 20.8 Å². The Morgan fingerprint density at radius 2 is 2.04 bits per heavy atom. The lowest BCUT2D eigenvalue weighted by atomic mass is 9.89. The summed E-state index contributed by atoms with van der Waals surface area (Å²) in [5.74, 6) is 0.00617. The van der Waals surface area contributed by atoms with Gasteiger partial charge in [-0.1, -0.05) is 24.3 Å². The quantitative estimate of drug-likeness (QED) is 0.762. The van der Waals surface area contributed by atoms with Crippen LogP contribution in [0, 0.1) is 11.8 Å². The van der Waals surface area contributed by atoms with Crippen molar-refractivity contribution >= 4 is 33.3 Å². The third-order valence-electron chi connectivity index (χ3n) is 5.08. The van der Waals surface area contributed by atoms with Gasteiger partial charge >= 0.3 is 0 Å². The van der Waals surface area contributed by atoms with Gasteiger partial charge in [0.1, 0.15) is 0 Å². The molecule has 3 aromatic rings. The van der Waals surface area contributed by atoms with Crippen LogP contribution in [0.25, 0.3) is 21.3 Å². The topological polar surface area (TPSA) is 77.0 Å². The standard InChI is InChI=1S/C19H20N4O2S/c1-10-11(2)25-12(3)17(10)18(24)22-19-20-9-16(26-19)14-4-5-15-13(8-14)6-7-21-23-15/h4-12,17H,1-3H3,(H,20,22,24). The van der Waals surface area contributed by atoms with Crippen LogP contribution >= 0.6 is 11.3 Å². The highest BCUT2D eigenvalue weighted by Crippen LogP contribution is 2.35. The number of ether oxygens (including phenoxy) is 1. The molecule has 1 fully saturated rings. The molecule has 7 heteroatoms. The van der Waals surface area contributed by atoms with Gasteiger partial charge in [0.15, 0.2) is 5.13 Å². The molecule has 4 atom stereocenters. The summed E-state index contributed by atoms with van der Waals surface area (Å²) in [6.07, 6.45) is 3.48. The highest BCUT2D eigenvalue weighted by Gasteiger charge is 2.41. The molecule has 0 aliphatic carbocycles. The predicted molar refractivity (Wildman–Crippen MR) is 102 cm³/mol. The van der Waals surface area contributed by atoms with Gasteiger partial charge < -0.3 is 10.1 Å². The number of hydrogen-bond donors (Lipinski definition) is 1. The number of carbonyl (C=O) groups is 1.